The maximum atomic E-state index is 13.4. The molecule has 5 nitrogen and oxygen atoms in total. The summed E-state index contributed by atoms with van der Waals surface area (Å²) in [6.07, 6.45) is -3.32. The minimum Gasteiger partial charge on any atom is -0.361 e. The van der Waals surface area contributed by atoms with E-state index in [1.54, 1.807) is 49.3 Å². The zero-order valence-electron chi connectivity index (χ0n) is 15.2. The van der Waals surface area contributed by atoms with E-state index in [-0.39, 0.29) is 22.8 Å². The van der Waals surface area contributed by atoms with Crippen LogP contribution in [0.15, 0.2) is 60.8 Å². The van der Waals surface area contributed by atoms with Gasteiger partial charge in [-0.2, -0.15) is 13.2 Å². The molecule has 0 aliphatic heterocycles. The van der Waals surface area contributed by atoms with Crippen LogP contribution in [-0.4, -0.2) is 30.0 Å². The number of alkyl halides is 3. The standard InChI is InChI=1S/C20H17F3N4O/c1-27(2)18-17(19(28)25-13-8-4-3-5-9-13)26-16(12-24-18)14-10-6-7-11-15(14)20(21,22)23/h3-12H,1-2H3,(H,25,28). The number of para-hydroxylation sites is 1. The van der Waals surface area contributed by atoms with Gasteiger partial charge < -0.3 is 10.2 Å². The number of carbonyl (C=O) groups excluding carboxylic acids is 1. The van der Waals surface area contributed by atoms with Crippen molar-refractivity contribution in [1.29, 1.82) is 0 Å². The second-order valence-corrected chi connectivity index (χ2v) is 6.19. The summed E-state index contributed by atoms with van der Waals surface area (Å²) in [6.45, 7) is 0. The Balaban J connectivity index is 2.07. The van der Waals surface area contributed by atoms with Crippen molar-refractivity contribution in [3.05, 3.63) is 72.1 Å². The summed E-state index contributed by atoms with van der Waals surface area (Å²) < 4.78 is 40.1. The summed E-state index contributed by atoms with van der Waals surface area (Å²) >= 11 is 0. The van der Waals surface area contributed by atoms with Crippen LogP contribution in [0.5, 0.6) is 0 Å². The van der Waals surface area contributed by atoms with Crippen LogP contribution in [0.1, 0.15) is 16.1 Å². The van der Waals surface area contributed by atoms with Crippen LogP contribution in [-0.2, 0) is 6.18 Å². The highest BCUT2D eigenvalue weighted by Crippen LogP contribution is 2.36. The molecule has 1 amide bonds. The molecule has 0 atom stereocenters. The molecule has 3 rings (SSSR count). The third-order valence-corrected chi connectivity index (χ3v) is 3.93. The van der Waals surface area contributed by atoms with Gasteiger partial charge in [-0.05, 0) is 18.2 Å². The molecule has 0 bridgehead atoms. The van der Waals surface area contributed by atoms with Gasteiger partial charge in [-0.3, -0.25) is 4.79 Å². The first-order valence-electron chi connectivity index (χ1n) is 8.34. The van der Waals surface area contributed by atoms with E-state index in [1.165, 1.54) is 24.4 Å². The van der Waals surface area contributed by atoms with Crippen molar-refractivity contribution in [3.63, 3.8) is 0 Å². The summed E-state index contributed by atoms with van der Waals surface area (Å²) in [4.78, 5) is 22.7. The molecule has 1 heterocycles. The fourth-order valence-electron chi connectivity index (χ4n) is 2.66. The lowest BCUT2D eigenvalue weighted by Crippen LogP contribution is -2.22. The van der Waals surface area contributed by atoms with E-state index in [0.29, 0.717) is 5.69 Å². The van der Waals surface area contributed by atoms with Gasteiger partial charge in [0.15, 0.2) is 11.5 Å². The molecular weight excluding hydrogens is 369 g/mol. The largest absolute Gasteiger partial charge is 0.417 e. The molecule has 0 spiro atoms. The molecule has 1 aromatic heterocycles. The molecule has 0 fully saturated rings. The number of hydrogen-bond donors (Lipinski definition) is 1. The van der Waals surface area contributed by atoms with Gasteiger partial charge in [-0.15, -0.1) is 0 Å². The average Bonchev–Trinajstić information content (AvgIpc) is 2.67. The lowest BCUT2D eigenvalue weighted by atomic mass is 10.0. The van der Waals surface area contributed by atoms with Crippen LogP contribution >= 0.6 is 0 Å². The second kappa shape index (κ2) is 7.67. The van der Waals surface area contributed by atoms with Gasteiger partial charge in [-0.1, -0.05) is 36.4 Å². The van der Waals surface area contributed by atoms with Crippen LogP contribution in [0.4, 0.5) is 24.7 Å². The Labute approximate surface area is 159 Å². The van der Waals surface area contributed by atoms with Crippen molar-refractivity contribution in [1.82, 2.24) is 9.97 Å². The van der Waals surface area contributed by atoms with Gasteiger partial charge in [-0.25, -0.2) is 9.97 Å². The fourth-order valence-corrected chi connectivity index (χ4v) is 2.66. The minimum absolute atomic E-state index is 0.0308. The van der Waals surface area contributed by atoms with Crippen LogP contribution in [0, 0.1) is 0 Å². The zero-order chi connectivity index (χ0) is 20.3. The first-order valence-corrected chi connectivity index (χ1v) is 8.34. The number of benzene rings is 2. The number of halogens is 3. The molecule has 8 heteroatoms. The Morgan fingerprint density at radius 3 is 2.29 bits per heavy atom. The number of amides is 1. The highest BCUT2D eigenvalue weighted by Gasteiger charge is 2.34. The Morgan fingerprint density at radius 2 is 1.64 bits per heavy atom. The van der Waals surface area contributed by atoms with Crippen LogP contribution in [0.25, 0.3) is 11.3 Å². The lowest BCUT2D eigenvalue weighted by Gasteiger charge is -2.17. The fraction of sp³-hybridized carbons (Fsp3) is 0.150. The van der Waals surface area contributed by atoms with Crippen molar-refractivity contribution in [2.75, 3.05) is 24.3 Å². The molecule has 0 saturated heterocycles. The normalized spacial score (nSPS) is 11.2. The van der Waals surface area contributed by atoms with Crippen LogP contribution in [0.2, 0.25) is 0 Å². The first-order chi connectivity index (χ1) is 13.3. The maximum Gasteiger partial charge on any atom is 0.417 e. The summed E-state index contributed by atoms with van der Waals surface area (Å²) in [7, 11) is 3.35. The van der Waals surface area contributed by atoms with Gasteiger partial charge in [0, 0.05) is 25.3 Å². The summed E-state index contributed by atoms with van der Waals surface area (Å²) in [6, 6.07) is 13.8. The lowest BCUT2D eigenvalue weighted by molar-refractivity contribution is -0.137. The van der Waals surface area contributed by atoms with E-state index >= 15 is 0 Å². The minimum atomic E-state index is -4.55. The van der Waals surface area contributed by atoms with Crippen molar-refractivity contribution >= 4 is 17.4 Å². The number of nitrogens with one attached hydrogen (secondary N) is 1. The third-order valence-electron chi connectivity index (χ3n) is 3.93. The molecule has 0 aliphatic carbocycles. The molecule has 1 N–H and O–H groups in total. The molecule has 2 aromatic carbocycles. The number of carbonyl (C=O) groups is 1. The van der Waals surface area contributed by atoms with Gasteiger partial charge in [0.25, 0.3) is 5.91 Å². The number of rotatable bonds is 4. The molecule has 0 saturated carbocycles. The second-order valence-electron chi connectivity index (χ2n) is 6.19. The van der Waals surface area contributed by atoms with E-state index in [4.69, 9.17) is 0 Å². The maximum absolute atomic E-state index is 13.4. The summed E-state index contributed by atoms with van der Waals surface area (Å²) in [5, 5.41) is 2.69. The molecule has 144 valence electrons. The smallest absolute Gasteiger partial charge is 0.361 e. The van der Waals surface area contributed by atoms with E-state index in [0.717, 1.165) is 6.07 Å². The van der Waals surface area contributed by atoms with Gasteiger partial charge >= 0.3 is 6.18 Å². The van der Waals surface area contributed by atoms with Crippen molar-refractivity contribution < 1.29 is 18.0 Å². The molecule has 0 unspecified atom stereocenters. The van der Waals surface area contributed by atoms with E-state index < -0.39 is 17.6 Å². The monoisotopic (exact) mass is 386 g/mol. The topological polar surface area (TPSA) is 58.1 Å². The van der Waals surface area contributed by atoms with Crippen LogP contribution < -0.4 is 10.2 Å². The molecule has 3 aromatic rings. The Bertz CT molecular complexity index is 988. The first kappa shape index (κ1) is 19.3. The number of nitrogens with zero attached hydrogens (tertiary/aromatic N) is 3. The van der Waals surface area contributed by atoms with E-state index in [1.807, 2.05) is 0 Å². The van der Waals surface area contributed by atoms with Gasteiger partial charge in [0.1, 0.15) is 0 Å². The number of anilines is 2. The SMILES string of the molecule is CN(C)c1ncc(-c2ccccc2C(F)(F)F)nc1C(=O)Nc1ccccc1. The Kier molecular flexibility index (Phi) is 5.30. The predicted octanol–water partition coefficient (Wildman–Crippen LogP) is 4.48. The quantitative estimate of drug-likeness (QED) is 0.718. The van der Waals surface area contributed by atoms with Gasteiger partial charge in [0.05, 0.1) is 17.5 Å². The Morgan fingerprint density at radius 1 is 1.00 bits per heavy atom. The zero-order valence-corrected chi connectivity index (χ0v) is 15.2. The predicted molar refractivity (Wildman–Crippen MR) is 101 cm³/mol. The highest BCUT2D eigenvalue weighted by molar-refractivity contribution is 6.06. The molecular formula is C20H17F3N4O. The molecule has 0 radical (unpaired) electrons. The molecule has 28 heavy (non-hydrogen) atoms. The number of hydrogen-bond acceptors (Lipinski definition) is 4. The van der Waals surface area contributed by atoms with Crippen molar-refractivity contribution in [2.24, 2.45) is 0 Å². The third kappa shape index (κ3) is 4.11. The van der Waals surface area contributed by atoms with E-state index in [9.17, 15) is 18.0 Å². The highest BCUT2D eigenvalue weighted by atomic mass is 19.4. The van der Waals surface area contributed by atoms with Crippen molar-refractivity contribution in [2.45, 2.75) is 6.18 Å². The molecule has 0 aliphatic rings. The summed E-state index contributed by atoms with van der Waals surface area (Å²) in [5.41, 5.74) is -0.530. The van der Waals surface area contributed by atoms with Gasteiger partial charge in [0.2, 0.25) is 0 Å². The number of aromatic nitrogens is 2. The van der Waals surface area contributed by atoms with E-state index in [2.05, 4.69) is 15.3 Å². The summed E-state index contributed by atoms with van der Waals surface area (Å²) in [5.74, 6) is -0.310. The van der Waals surface area contributed by atoms with Crippen LogP contribution in [0.3, 0.4) is 0 Å². The Hall–Kier alpha value is -3.42. The average molecular weight is 386 g/mol. The van der Waals surface area contributed by atoms with Crippen molar-refractivity contribution in [3.8, 4) is 11.3 Å².